The van der Waals surface area contributed by atoms with Crippen LogP contribution in [0, 0.1) is 5.82 Å². The Morgan fingerprint density at radius 1 is 1.57 bits per heavy atom. The number of aromatic hydroxyl groups is 1. The fraction of sp³-hybridized carbons (Fsp3) is 0.333. The molecule has 1 aromatic carbocycles. The zero-order chi connectivity index (χ0) is 10.0. The molecule has 14 heavy (non-hydrogen) atoms. The van der Waals surface area contributed by atoms with Gasteiger partial charge in [0.2, 0.25) is 0 Å². The van der Waals surface area contributed by atoms with Crippen molar-refractivity contribution in [2.24, 2.45) is 5.73 Å². The van der Waals surface area contributed by atoms with Gasteiger partial charge in [0.1, 0.15) is 0 Å². The SMILES string of the molecule is CC[C@H](N)c1cc(Cl)cc(F)c1O.Cl. The summed E-state index contributed by atoms with van der Waals surface area (Å²) in [5, 5.41) is 9.55. The second-order valence-electron chi connectivity index (χ2n) is 2.84. The van der Waals surface area contributed by atoms with Crippen molar-refractivity contribution >= 4 is 24.0 Å². The molecular weight excluding hydrogens is 228 g/mol. The maximum absolute atomic E-state index is 12.9. The minimum absolute atomic E-state index is 0. The van der Waals surface area contributed by atoms with Crippen LogP contribution in [-0.4, -0.2) is 5.11 Å². The van der Waals surface area contributed by atoms with Gasteiger partial charge in [-0.3, -0.25) is 0 Å². The molecule has 0 aromatic heterocycles. The number of nitrogens with two attached hydrogens (primary N) is 1. The molecular formula is C9H12Cl2FNO. The van der Waals surface area contributed by atoms with Gasteiger partial charge in [-0.1, -0.05) is 18.5 Å². The predicted octanol–water partition coefficient (Wildman–Crippen LogP) is 3.02. The molecule has 0 bridgehead atoms. The summed E-state index contributed by atoms with van der Waals surface area (Å²) in [7, 11) is 0. The number of halogens is 3. The van der Waals surface area contributed by atoms with Crippen molar-refractivity contribution in [3.05, 3.63) is 28.5 Å². The number of hydrogen-bond acceptors (Lipinski definition) is 2. The molecule has 0 saturated heterocycles. The van der Waals surface area contributed by atoms with E-state index in [1.165, 1.54) is 6.07 Å². The normalized spacial score (nSPS) is 12.0. The summed E-state index contributed by atoms with van der Waals surface area (Å²) in [5.74, 6) is -1.13. The fourth-order valence-corrected chi connectivity index (χ4v) is 1.30. The lowest BCUT2D eigenvalue weighted by molar-refractivity contribution is 0.419. The van der Waals surface area contributed by atoms with Gasteiger partial charge < -0.3 is 10.8 Å². The van der Waals surface area contributed by atoms with Crippen LogP contribution in [0.15, 0.2) is 12.1 Å². The van der Waals surface area contributed by atoms with E-state index in [0.717, 1.165) is 6.07 Å². The molecule has 0 radical (unpaired) electrons. The van der Waals surface area contributed by atoms with Crippen molar-refractivity contribution in [1.29, 1.82) is 0 Å². The summed E-state index contributed by atoms with van der Waals surface area (Å²) < 4.78 is 12.9. The standard InChI is InChI=1S/C9H11ClFNO.ClH/c1-2-8(12)6-3-5(10)4-7(11)9(6)13;/h3-4,8,13H,2,12H2,1H3;1H/t8-;/m0./s1. The van der Waals surface area contributed by atoms with Crippen molar-refractivity contribution in [3.63, 3.8) is 0 Å². The van der Waals surface area contributed by atoms with Crippen LogP contribution in [0.4, 0.5) is 4.39 Å². The topological polar surface area (TPSA) is 46.2 Å². The molecule has 0 aliphatic carbocycles. The number of phenolic OH excluding ortho intramolecular Hbond substituents is 1. The molecule has 0 fully saturated rings. The maximum atomic E-state index is 12.9. The molecule has 0 heterocycles. The molecule has 1 atom stereocenters. The van der Waals surface area contributed by atoms with Crippen molar-refractivity contribution in [1.82, 2.24) is 0 Å². The van der Waals surface area contributed by atoms with Gasteiger partial charge in [0.25, 0.3) is 0 Å². The van der Waals surface area contributed by atoms with Crippen LogP contribution in [0.25, 0.3) is 0 Å². The average molecular weight is 240 g/mol. The first-order valence-corrected chi connectivity index (χ1v) is 4.37. The van der Waals surface area contributed by atoms with Crippen molar-refractivity contribution in [3.8, 4) is 5.75 Å². The number of phenols is 1. The molecule has 0 aliphatic heterocycles. The third-order valence-corrected chi connectivity index (χ3v) is 2.12. The van der Waals surface area contributed by atoms with Gasteiger partial charge >= 0.3 is 0 Å². The lowest BCUT2D eigenvalue weighted by Crippen LogP contribution is -2.09. The lowest BCUT2D eigenvalue weighted by atomic mass is 10.0. The van der Waals surface area contributed by atoms with Gasteiger partial charge in [0, 0.05) is 16.6 Å². The first-order chi connectivity index (χ1) is 6.06. The van der Waals surface area contributed by atoms with E-state index in [1.807, 2.05) is 6.92 Å². The smallest absolute Gasteiger partial charge is 0.166 e. The van der Waals surface area contributed by atoms with Gasteiger partial charge in [-0.2, -0.15) is 0 Å². The van der Waals surface area contributed by atoms with E-state index < -0.39 is 11.6 Å². The van der Waals surface area contributed by atoms with Gasteiger partial charge in [-0.25, -0.2) is 4.39 Å². The predicted molar refractivity (Wildman–Crippen MR) is 57.5 cm³/mol. The molecule has 0 aliphatic rings. The molecule has 2 nitrogen and oxygen atoms in total. The van der Waals surface area contributed by atoms with Crippen LogP contribution in [-0.2, 0) is 0 Å². The highest BCUT2D eigenvalue weighted by molar-refractivity contribution is 6.30. The second-order valence-corrected chi connectivity index (χ2v) is 3.28. The first-order valence-electron chi connectivity index (χ1n) is 3.99. The van der Waals surface area contributed by atoms with Gasteiger partial charge in [0.15, 0.2) is 11.6 Å². The highest BCUT2D eigenvalue weighted by Gasteiger charge is 2.13. The molecule has 1 rings (SSSR count). The molecule has 5 heteroatoms. The number of benzene rings is 1. The largest absolute Gasteiger partial charge is 0.505 e. The lowest BCUT2D eigenvalue weighted by Gasteiger charge is -2.11. The Balaban J connectivity index is 0.00000169. The average Bonchev–Trinajstić information content (AvgIpc) is 2.10. The van der Waals surface area contributed by atoms with Crippen LogP contribution in [0.1, 0.15) is 24.9 Å². The van der Waals surface area contributed by atoms with Crippen LogP contribution in [0.3, 0.4) is 0 Å². The summed E-state index contributed by atoms with van der Waals surface area (Å²) >= 11 is 5.62. The highest BCUT2D eigenvalue weighted by atomic mass is 35.5. The molecule has 80 valence electrons. The molecule has 1 aromatic rings. The zero-order valence-electron chi connectivity index (χ0n) is 7.63. The fourth-order valence-electron chi connectivity index (χ4n) is 1.09. The minimum Gasteiger partial charge on any atom is -0.505 e. The number of rotatable bonds is 2. The Morgan fingerprint density at radius 2 is 2.14 bits per heavy atom. The quantitative estimate of drug-likeness (QED) is 0.834. The van der Waals surface area contributed by atoms with Crippen molar-refractivity contribution < 1.29 is 9.50 Å². The van der Waals surface area contributed by atoms with E-state index >= 15 is 0 Å². The molecule has 0 unspecified atom stereocenters. The molecule has 0 saturated carbocycles. The Labute approximate surface area is 93.3 Å². The van der Waals surface area contributed by atoms with Crippen LogP contribution in [0.5, 0.6) is 5.75 Å². The summed E-state index contributed by atoms with van der Waals surface area (Å²) in [6.07, 6.45) is 0.618. The van der Waals surface area contributed by atoms with Crippen LogP contribution in [0.2, 0.25) is 5.02 Å². The minimum atomic E-state index is -0.730. The number of hydrogen-bond donors (Lipinski definition) is 2. The Kier molecular flexibility index (Phi) is 5.19. The summed E-state index contributed by atoms with van der Waals surface area (Å²) in [4.78, 5) is 0. The van der Waals surface area contributed by atoms with Gasteiger partial charge in [0.05, 0.1) is 0 Å². The van der Waals surface area contributed by atoms with Crippen molar-refractivity contribution in [2.45, 2.75) is 19.4 Å². The molecule has 0 amide bonds. The van der Waals surface area contributed by atoms with Crippen LogP contribution >= 0.6 is 24.0 Å². The third-order valence-electron chi connectivity index (χ3n) is 1.90. The van der Waals surface area contributed by atoms with Crippen LogP contribution < -0.4 is 5.73 Å². The highest BCUT2D eigenvalue weighted by Crippen LogP contribution is 2.30. The van der Waals surface area contributed by atoms with E-state index in [-0.39, 0.29) is 23.5 Å². The second kappa shape index (κ2) is 5.39. The maximum Gasteiger partial charge on any atom is 0.166 e. The molecule has 0 spiro atoms. The van der Waals surface area contributed by atoms with Gasteiger partial charge in [-0.05, 0) is 18.6 Å². The monoisotopic (exact) mass is 239 g/mol. The van der Waals surface area contributed by atoms with E-state index in [0.29, 0.717) is 12.0 Å². The summed E-state index contributed by atoms with van der Waals surface area (Å²) in [6.45, 7) is 1.85. The zero-order valence-corrected chi connectivity index (χ0v) is 9.20. The molecule has 3 N–H and O–H groups in total. The summed E-state index contributed by atoms with van der Waals surface area (Å²) in [5.41, 5.74) is 6.00. The van der Waals surface area contributed by atoms with E-state index in [2.05, 4.69) is 0 Å². The summed E-state index contributed by atoms with van der Waals surface area (Å²) in [6, 6.07) is 2.16. The van der Waals surface area contributed by atoms with Crippen molar-refractivity contribution in [2.75, 3.05) is 0 Å². The van der Waals surface area contributed by atoms with E-state index in [1.54, 1.807) is 0 Å². The third kappa shape index (κ3) is 2.74. The first kappa shape index (κ1) is 13.5. The van der Waals surface area contributed by atoms with Gasteiger partial charge in [-0.15, -0.1) is 12.4 Å². The van der Waals surface area contributed by atoms with E-state index in [9.17, 15) is 9.50 Å². The Bertz CT molecular complexity index is 320. The Morgan fingerprint density at radius 3 is 2.64 bits per heavy atom. The Hall–Kier alpha value is -0.510. The van der Waals surface area contributed by atoms with E-state index in [4.69, 9.17) is 17.3 Å².